The van der Waals surface area contributed by atoms with Gasteiger partial charge in [0, 0.05) is 18.8 Å². The van der Waals surface area contributed by atoms with Crippen LogP contribution in [-0.4, -0.2) is 47.3 Å². The zero-order chi connectivity index (χ0) is 15.2. The summed E-state index contributed by atoms with van der Waals surface area (Å²) in [5, 5.41) is 14.4. The molecule has 0 aliphatic carbocycles. The van der Waals surface area contributed by atoms with Gasteiger partial charge >= 0.3 is 0 Å². The molecule has 0 aliphatic rings. The summed E-state index contributed by atoms with van der Waals surface area (Å²) in [6, 6.07) is 6.24. The molecule has 0 atom stereocenters. The maximum Gasteiger partial charge on any atom is 0.249 e. The van der Waals surface area contributed by atoms with Crippen LogP contribution in [-0.2, 0) is 0 Å². The molecule has 0 amide bonds. The van der Waals surface area contributed by atoms with Crippen molar-refractivity contribution in [3.05, 3.63) is 35.5 Å². The van der Waals surface area contributed by atoms with Crippen molar-refractivity contribution < 1.29 is 0 Å². The van der Waals surface area contributed by atoms with Crippen LogP contribution >= 0.6 is 0 Å². The Morgan fingerprint density at radius 1 is 1.10 bits per heavy atom. The number of nitrogens with zero attached hydrogens (tertiary/aromatic N) is 4. The van der Waals surface area contributed by atoms with Crippen LogP contribution in [0.15, 0.2) is 24.4 Å². The topological polar surface area (TPSA) is 66.0 Å². The minimum atomic E-state index is 0.495. The smallest absolute Gasteiger partial charge is 0.249 e. The third-order valence-corrected chi connectivity index (χ3v) is 2.90. The van der Waals surface area contributed by atoms with Crippen LogP contribution in [0.5, 0.6) is 0 Å². The zero-order valence-corrected chi connectivity index (χ0v) is 13.0. The van der Waals surface area contributed by atoms with Crippen molar-refractivity contribution in [3.8, 4) is 0 Å². The van der Waals surface area contributed by atoms with Gasteiger partial charge in [-0.15, -0.1) is 5.10 Å². The Kier molecular flexibility index (Phi) is 5.05. The summed E-state index contributed by atoms with van der Waals surface area (Å²) < 4.78 is 0. The Morgan fingerprint density at radius 2 is 1.81 bits per heavy atom. The summed E-state index contributed by atoms with van der Waals surface area (Å²) in [7, 11) is 4.07. The van der Waals surface area contributed by atoms with Crippen molar-refractivity contribution in [2.45, 2.75) is 13.8 Å². The van der Waals surface area contributed by atoms with Gasteiger partial charge in [0.05, 0.1) is 6.20 Å². The highest BCUT2D eigenvalue weighted by Gasteiger charge is 2.02. The van der Waals surface area contributed by atoms with Crippen LogP contribution in [0.4, 0.5) is 17.5 Å². The molecule has 1 heterocycles. The first-order chi connectivity index (χ1) is 10.0. The van der Waals surface area contributed by atoms with Gasteiger partial charge in [-0.3, -0.25) is 0 Å². The van der Waals surface area contributed by atoms with Crippen molar-refractivity contribution >= 4 is 17.5 Å². The van der Waals surface area contributed by atoms with E-state index in [0.29, 0.717) is 5.95 Å². The van der Waals surface area contributed by atoms with Gasteiger partial charge in [-0.25, -0.2) is 0 Å². The van der Waals surface area contributed by atoms with Gasteiger partial charge in [0.2, 0.25) is 5.95 Å². The maximum atomic E-state index is 4.41. The minimum absolute atomic E-state index is 0.495. The quantitative estimate of drug-likeness (QED) is 0.848. The molecule has 0 saturated carbocycles. The van der Waals surface area contributed by atoms with E-state index in [0.717, 1.165) is 24.6 Å². The second-order valence-electron chi connectivity index (χ2n) is 5.40. The fraction of sp³-hybridized carbons (Fsp3) is 0.400. The highest BCUT2D eigenvalue weighted by Crippen LogP contribution is 2.17. The largest absolute Gasteiger partial charge is 0.367 e. The van der Waals surface area contributed by atoms with Crippen LogP contribution in [0.3, 0.4) is 0 Å². The van der Waals surface area contributed by atoms with E-state index in [1.807, 2.05) is 14.1 Å². The van der Waals surface area contributed by atoms with Crippen LogP contribution in [0.1, 0.15) is 11.1 Å². The summed E-state index contributed by atoms with van der Waals surface area (Å²) in [6.45, 7) is 5.88. The lowest BCUT2D eigenvalue weighted by molar-refractivity contribution is 0.425. The molecule has 2 aromatic rings. The summed E-state index contributed by atoms with van der Waals surface area (Å²) in [6.07, 6.45) is 1.63. The predicted octanol–water partition coefficient (Wildman–Crippen LogP) is 2.21. The van der Waals surface area contributed by atoms with Crippen molar-refractivity contribution in [1.29, 1.82) is 0 Å². The lowest BCUT2D eigenvalue weighted by atomic mass is 10.1. The van der Waals surface area contributed by atoms with E-state index in [2.05, 4.69) is 62.8 Å². The van der Waals surface area contributed by atoms with Gasteiger partial charge in [-0.05, 0) is 51.2 Å². The normalized spacial score (nSPS) is 10.7. The summed E-state index contributed by atoms with van der Waals surface area (Å²) >= 11 is 0. The molecule has 0 unspecified atom stereocenters. The average molecular weight is 286 g/mol. The summed E-state index contributed by atoms with van der Waals surface area (Å²) in [4.78, 5) is 6.52. The number of anilines is 3. The molecule has 6 nitrogen and oxygen atoms in total. The molecular formula is C15H22N6. The van der Waals surface area contributed by atoms with Gasteiger partial charge in [0.15, 0.2) is 5.82 Å². The molecule has 21 heavy (non-hydrogen) atoms. The zero-order valence-electron chi connectivity index (χ0n) is 13.0. The van der Waals surface area contributed by atoms with Crippen molar-refractivity contribution in [2.24, 2.45) is 0 Å². The molecule has 0 saturated heterocycles. The van der Waals surface area contributed by atoms with Crippen molar-refractivity contribution in [3.63, 3.8) is 0 Å². The number of hydrogen-bond donors (Lipinski definition) is 2. The third kappa shape index (κ3) is 5.00. The van der Waals surface area contributed by atoms with Crippen LogP contribution in [0.25, 0.3) is 0 Å². The number of likely N-dealkylation sites (N-methyl/N-ethyl adjacent to an activating group) is 1. The first-order valence-corrected chi connectivity index (χ1v) is 6.96. The minimum Gasteiger partial charge on any atom is -0.367 e. The van der Waals surface area contributed by atoms with Gasteiger partial charge in [0.1, 0.15) is 0 Å². The Labute approximate surface area is 125 Å². The lowest BCUT2D eigenvalue weighted by Crippen LogP contribution is -2.21. The fourth-order valence-electron chi connectivity index (χ4n) is 2.03. The Bertz CT molecular complexity index is 576. The second kappa shape index (κ2) is 6.99. The molecule has 6 heteroatoms. The average Bonchev–Trinajstić information content (AvgIpc) is 2.37. The van der Waals surface area contributed by atoms with E-state index in [1.54, 1.807) is 6.20 Å². The molecule has 0 bridgehead atoms. The monoisotopic (exact) mass is 286 g/mol. The third-order valence-electron chi connectivity index (χ3n) is 2.90. The van der Waals surface area contributed by atoms with E-state index in [1.165, 1.54) is 11.1 Å². The molecule has 0 spiro atoms. The van der Waals surface area contributed by atoms with E-state index >= 15 is 0 Å². The molecule has 0 radical (unpaired) electrons. The molecule has 0 fully saturated rings. The van der Waals surface area contributed by atoms with E-state index in [-0.39, 0.29) is 0 Å². The molecule has 2 N–H and O–H groups in total. The maximum absolute atomic E-state index is 4.41. The van der Waals surface area contributed by atoms with E-state index in [4.69, 9.17) is 0 Å². The molecule has 1 aromatic carbocycles. The molecule has 1 aromatic heterocycles. The van der Waals surface area contributed by atoms with Crippen LogP contribution < -0.4 is 10.6 Å². The van der Waals surface area contributed by atoms with Gasteiger partial charge < -0.3 is 15.5 Å². The Balaban J connectivity index is 2.03. The first-order valence-electron chi connectivity index (χ1n) is 6.96. The number of hydrogen-bond acceptors (Lipinski definition) is 6. The second-order valence-corrected chi connectivity index (χ2v) is 5.40. The van der Waals surface area contributed by atoms with Crippen molar-refractivity contribution in [1.82, 2.24) is 20.1 Å². The molecule has 112 valence electrons. The van der Waals surface area contributed by atoms with Crippen LogP contribution in [0, 0.1) is 13.8 Å². The van der Waals surface area contributed by atoms with Crippen molar-refractivity contribution in [2.75, 3.05) is 37.8 Å². The highest BCUT2D eigenvalue weighted by molar-refractivity contribution is 5.56. The number of aryl methyl sites for hydroxylation is 2. The summed E-state index contributed by atoms with van der Waals surface area (Å²) in [5.41, 5.74) is 3.37. The predicted molar refractivity (Wildman–Crippen MR) is 86.1 cm³/mol. The van der Waals surface area contributed by atoms with Gasteiger partial charge in [0.25, 0.3) is 0 Å². The van der Waals surface area contributed by atoms with Crippen LogP contribution in [0.2, 0.25) is 0 Å². The fourth-order valence-corrected chi connectivity index (χ4v) is 2.03. The number of benzene rings is 1. The number of aromatic nitrogens is 3. The molecular weight excluding hydrogens is 264 g/mol. The van der Waals surface area contributed by atoms with E-state index in [9.17, 15) is 0 Å². The SMILES string of the molecule is Cc1cc(C)cc(Nc2nncc(NCCN(C)C)n2)c1. The Morgan fingerprint density at radius 3 is 2.48 bits per heavy atom. The molecule has 0 aliphatic heterocycles. The lowest BCUT2D eigenvalue weighted by Gasteiger charge is -2.11. The Hall–Kier alpha value is -2.21. The molecule has 2 rings (SSSR count). The standard InChI is InChI=1S/C15H22N6/c1-11-7-12(2)9-13(8-11)18-15-19-14(10-17-20-15)16-5-6-21(3)4/h7-10H,5-6H2,1-4H3,(H2,16,18,19,20). The summed E-state index contributed by atoms with van der Waals surface area (Å²) in [5.74, 6) is 1.22. The number of rotatable bonds is 6. The van der Waals surface area contributed by atoms with E-state index < -0.39 is 0 Å². The van der Waals surface area contributed by atoms with Gasteiger partial charge in [-0.2, -0.15) is 10.1 Å². The number of nitrogens with one attached hydrogen (secondary N) is 2. The van der Waals surface area contributed by atoms with Gasteiger partial charge in [-0.1, -0.05) is 6.07 Å². The first kappa shape index (κ1) is 15.2. The highest BCUT2D eigenvalue weighted by atomic mass is 15.3.